The third-order valence-electron chi connectivity index (χ3n) is 2.87. The summed E-state index contributed by atoms with van der Waals surface area (Å²) in [5.74, 6) is 1.82. The molecule has 5 heteroatoms. The van der Waals surface area contributed by atoms with Crippen LogP contribution >= 0.6 is 11.8 Å². The van der Waals surface area contributed by atoms with Crippen LogP contribution in [0.15, 0.2) is 35.5 Å². The maximum absolute atomic E-state index is 11.9. The van der Waals surface area contributed by atoms with E-state index in [-0.39, 0.29) is 5.78 Å². The van der Waals surface area contributed by atoms with Gasteiger partial charge in [0.05, 0.1) is 0 Å². The van der Waals surface area contributed by atoms with Crippen LogP contribution in [0.4, 0.5) is 0 Å². The van der Waals surface area contributed by atoms with E-state index < -0.39 is 0 Å². The van der Waals surface area contributed by atoms with Gasteiger partial charge >= 0.3 is 0 Å². The number of benzene rings is 1. The largest absolute Gasteiger partial charge is 0.307 e. The lowest BCUT2D eigenvalue weighted by Crippen LogP contribution is -2.02. The third kappa shape index (κ3) is 3.44. The van der Waals surface area contributed by atoms with Gasteiger partial charge in [0, 0.05) is 24.3 Å². The van der Waals surface area contributed by atoms with Gasteiger partial charge in [-0.1, -0.05) is 42.1 Å². The number of aryl methyl sites for hydroxylation is 1. The van der Waals surface area contributed by atoms with E-state index >= 15 is 0 Å². The molecule has 0 atom stereocenters. The third-order valence-corrected chi connectivity index (χ3v) is 3.84. The van der Waals surface area contributed by atoms with Gasteiger partial charge in [0.25, 0.3) is 0 Å². The highest BCUT2D eigenvalue weighted by atomic mass is 32.2. The van der Waals surface area contributed by atoms with Gasteiger partial charge in [-0.3, -0.25) is 4.79 Å². The van der Waals surface area contributed by atoms with Crippen molar-refractivity contribution in [3.63, 3.8) is 0 Å². The molecule has 4 nitrogen and oxygen atoms in total. The van der Waals surface area contributed by atoms with E-state index in [9.17, 15) is 4.79 Å². The summed E-state index contributed by atoms with van der Waals surface area (Å²) >= 11 is 1.58. The highest BCUT2D eigenvalue weighted by Gasteiger charge is 2.09. The predicted molar refractivity (Wildman–Crippen MR) is 76.5 cm³/mol. The summed E-state index contributed by atoms with van der Waals surface area (Å²) in [7, 11) is 0. The van der Waals surface area contributed by atoms with Crippen LogP contribution in [-0.2, 0) is 6.54 Å². The lowest BCUT2D eigenvalue weighted by molar-refractivity contribution is 0.0989. The molecule has 0 aliphatic carbocycles. The zero-order valence-corrected chi connectivity index (χ0v) is 12.0. The van der Waals surface area contributed by atoms with Crippen molar-refractivity contribution in [2.45, 2.75) is 32.0 Å². The first kappa shape index (κ1) is 13.8. The minimum absolute atomic E-state index is 0.174. The second-order valence-electron chi connectivity index (χ2n) is 4.16. The Morgan fingerprint density at radius 3 is 2.68 bits per heavy atom. The summed E-state index contributed by atoms with van der Waals surface area (Å²) in [5.41, 5.74) is 0.774. The Labute approximate surface area is 117 Å². The fourth-order valence-corrected chi connectivity index (χ4v) is 2.82. The molecule has 0 fully saturated rings. The van der Waals surface area contributed by atoms with Gasteiger partial charge in [-0.2, -0.15) is 0 Å². The van der Waals surface area contributed by atoms with Crippen LogP contribution in [-0.4, -0.2) is 26.3 Å². The molecule has 0 bridgehead atoms. The van der Waals surface area contributed by atoms with Crippen molar-refractivity contribution in [2.75, 3.05) is 5.75 Å². The minimum atomic E-state index is 0.174. The number of ketones is 1. The number of aromatic nitrogens is 3. The van der Waals surface area contributed by atoms with Crippen molar-refractivity contribution in [3.05, 3.63) is 41.7 Å². The number of carbonyl (C=O) groups excluding carboxylic acids is 1. The van der Waals surface area contributed by atoms with Crippen molar-refractivity contribution in [2.24, 2.45) is 0 Å². The summed E-state index contributed by atoms with van der Waals surface area (Å²) in [6.07, 6.45) is 0.518. The van der Waals surface area contributed by atoms with Gasteiger partial charge < -0.3 is 4.57 Å². The Kier molecular flexibility index (Phi) is 4.74. The molecule has 0 saturated carbocycles. The molecule has 1 aromatic carbocycles. The summed E-state index contributed by atoms with van der Waals surface area (Å²) < 4.78 is 2.05. The molecular formula is C14H17N3OS. The fraction of sp³-hybridized carbons (Fsp3) is 0.357. The normalized spacial score (nSPS) is 10.6. The first-order chi connectivity index (χ1) is 9.22. The monoisotopic (exact) mass is 275 g/mol. The van der Waals surface area contributed by atoms with E-state index in [0.29, 0.717) is 6.42 Å². The van der Waals surface area contributed by atoms with Gasteiger partial charge in [0.15, 0.2) is 10.9 Å². The molecule has 0 N–H and O–H groups in total. The second-order valence-corrected chi connectivity index (χ2v) is 5.22. The Hall–Kier alpha value is -1.62. The standard InChI is InChI=1S/C14H17N3OS/c1-3-17-11(2)15-16-14(17)19-10-9-13(18)12-7-5-4-6-8-12/h4-8H,3,9-10H2,1-2H3. The van der Waals surface area contributed by atoms with Crippen LogP contribution < -0.4 is 0 Å². The van der Waals surface area contributed by atoms with Gasteiger partial charge in [0.1, 0.15) is 5.82 Å². The molecule has 0 saturated heterocycles. The fourth-order valence-electron chi connectivity index (χ4n) is 1.84. The Morgan fingerprint density at radius 1 is 1.26 bits per heavy atom. The summed E-state index contributed by atoms with van der Waals surface area (Å²) in [4.78, 5) is 11.9. The number of rotatable bonds is 6. The smallest absolute Gasteiger partial charge is 0.191 e. The maximum atomic E-state index is 11.9. The molecular weight excluding hydrogens is 258 g/mol. The van der Waals surface area contributed by atoms with Gasteiger partial charge in [-0.05, 0) is 13.8 Å². The second kappa shape index (κ2) is 6.52. The minimum Gasteiger partial charge on any atom is -0.307 e. The van der Waals surface area contributed by atoms with Gasteiger partial charge in [-0.25, -0.2) is 0 Å². The molecule has 19 heavy (non-hydrogen) atoms. The maximum Gasteiger partial charge on any atom is 0.191 e. The molecule has 1 aromatic heterocycles. The Bertz CT molecular complexity index is 551. The van der Waals surface area contributed by atoms with E-state index in [1.165, 1.54) is 0 Å². The van der Waals surface area contributed by atoms with Crippen LogP contribution in [0.5, 0.6) is 0 Å². The Morgan fingerprint density at radius 2 is 2.00 bits per heavy atom. The average Bonchev–Trinajstić information content (AvgIpc) is 2.80. The topological polar surface area (TPSA) is 47.8 Å². The molecule has 100 valence electrons. The number of hydrogen-bond acceptors (Lipinski definition) is 4. The van der Waals surface area contributed by atoms with Gasteiger partial charge in [0.2, 0.25) is 0 Å². The van der Waals surface area contributed by atoms with Crippen LogP contribution in [0.2, 0.25) is 0 Å². The van der Waals surface area contributed by atoms with Crippen LogP contribution in [0.3, 0.4) is 0 Å². The van der Waals surface area contributed by atoms with Crippen molar-refractivity contribution in [3.8, 4) is 0 Å². The molecule has 0 aliphatic rings. The van der Waals surface area contributed by atoms with E-state index in [1.54, 1.807) is 11.8 Å². The SMILES string of the molecule is CCn1c(C)nnc1SCCC(=O)c1ccccc1. The molecule has 0 aliphatic heterocycles. The average molecular weight is 275 g/mol. The van der Waals surface area contributed by atoms with Crippen LogP contribution in [0, 0.1) is 6.92 Å². The predicted octanol–water partition coefficient (Wildman–Crippen LogP) is 2.97. The van der Waals surface area contributed by atoms with Crippen molar-refractivity contribution >= 4 is 17.5 Å². The molecule has 0 amide bonds. The molecule has 0 spiro atoms. The highest BCUT2D eigenvalue weighted by Crippen LogP contribution is 2.18. The van der Waals surface area contributed by atoms with Crippen molar-refractivity contribution < 1.29 is 4.79 Å². The molecule has 2 rings (SSSR count). The molecule has 0 unspecified atom stereocenters. The lowest BCUT2D eigenvalue weighted by Gasteiger charge is -2.04. The zero-order chi connectivity index (χ0) is 13.7. The zero-order valence-electron chi connectivity index (χ0n) is 11.2. The summed E-state index contributed by atoms with van der Waals surface area (Å²) in [5, 5.41) is 9.06. The lowest BCUT2D eigenvalue weighted by atomic mass is 10.1. The van der Waals surface area contributed by atoms with Crippen molar-refractivity contribution in [1.29, 1.82) is 0 Å². The summed E-state index contributed by atoms with van der Waals surface area (Å²) in [6, 6.07) is 9.39. The number of thioether (sulfide) groups is 1. The van der Waals surface area contributed by atoms with E-state index in [2.05, 4.69) is 21.7 Å². The number of nitrogens with zero attached hydrogens (tertiary/aromatic N) is 3. The van der Waals surface area contributed by atoms with E-state index in [0.717, 1.165) is 28.8 Å². The quantitative estimate of drug-likeness (QED) is 0.600. The highest BCUT2D eigenvalue weighted by molar-refractivity contribution is 7.99. The van der Waals surface area contributed by atoms with Gasteiger partial charge in [-0.15, -0.1) is 10.2 Å². The molecule has 0 radical (unpaired) electrons. The number of hydrogen-bond donors (Lipinski definition) is 0. The van der Waals surface area contributed by atoms with Crippen LogP contribution in [0.25, 0.3) is 0 Å². The summed E-state index contributed by atoms with van der Waals surface area (Å²) in [6.45, 7) is 4.86. The molecule has 1 heterocycles. The number of carbonyl (C=O) groups is 1. The number of Topliss-reactive ketones (excluding diaryl/α,β-unsaturated/α-hetero) is 1. The Balaban J connectivity index is 1.88. The van der Waals surface area contributed by atoms with E-state index in [4.69, 9.17) is 0 Å². The molecule has 2 aromatic rings. The van der Waals surface area contributed by atoms with E-state index in [1.807, 2.05) is 37.3 Å². The van der Waals surface area contributed by atoms with Crippen molar-refractivity contribution in [1.82, 2.24) is 14.8 Å². The first-order valence-corrected chi connectivity index (χ1v) is 7.31. The first-order valence-electron chi connectivity index (χ1n) is 6.33. The van der Waals surface area contributed by atoms with Crippen LogP contribution in [0.1, 0.15) is 29.5 Å².